The van der Waals surface area contributed by atoms with Crippen LogP contribution < -0.4 is 5.32 Å². The Balaban J connectivity index is 2.24. The SMILES string of the molecule is CC(C)CNC(CO)C1CCSC1. The molecule has 0 saturated carbocycles. The lowest BCUT2D eigenvalue weighted by atomic mass is 9.99. The summed E-state index contributed by atoms with van der Waals surface area (Å²) >= 11 is 2.01. The minimum atomic E-state index is 0.290. The standard InChI is InChI=1S/C10H21NOS/c1-8(2)5-11-10(6-12)9-3-4-13-7-9/h8-12H,3-7H2,1-2H3. The van der Waals surface area contributed by atoms with Crippen molar-refractivity contribution in [2.75, 3.05) is 24.7 Å². The van der Waals surface area contributed by atoms with E-state index in [0.717, 1.165) is 6.54 Å². The van der Waals surface area contributed by atoms with Crippen LogP contribution in [0.15, 0.2) is 0 Å². The predicted octanol–water partition coefficient (Wildman–Crippen LogP) is 1.35. The first-order valence-corrected chi connectivity index (χ1v) is 6.31. The van der Waals surface area contributed by atoms with E-state index in [1.54, 1.807) is 0 Å². The summed E-state index contributed by atoms with van der Waals surface area (Å²) in [4.78, 5) is 0. The van der Waals surface area contributed by atoms with Crippen LogP contribution in [0.25, 0.3) is 0 Å². The molecule has 1 saturated heterocycles. The van der Waals surface area contributed by atoms with E-state index in [1.165, 1.54) is 17.9 Å². The van der Waals surface area contributed by atoms with E-state index in [2.05, 4.69) is 19.2 Å². The zero-order valence-electron chi connectivity index (χ0n) is 8.62. The molecule has 0 bridgehead atoms. The number of rotatable bonds is 5. The monoisotopic (exact) mass is 203 g/mol. The van der Waals surface area contributed by atoms with Crippen molar-refractivity contribution >= 4 is 11.8 Å². The molecule has 2 atom stereocenters. The molecule has 2 N–H and O–H groups in total. The van der Waals surface area contributed by atoms with Gasteiger partial charge in [-0.2, -0.15) is 11.8 Å². The highest BCUT2D eigenvalue weighted by Crippen LogP contribution is 2.26. The van der Waals surface area contributed by atoms with Gasteiger partial charge in [0, 0.05) is 6.04 Å². The summed E-state index contributed by atoms with van der Waals surface area (Å²) in [6.45, 7) is 5.71. The van der Waals surface area contributed by atoms with Gasteiger partial charge in [0.2, 0.25) is 0 Å². The van der Waals surface area contributed by atoms with Crippen molar-refractivity contribution in [2.24, 2.45) is 11.8 Å². The Hall–Kier alpha value is 0.270. The third-order valence-corrected chi connectivity index (χ3v) is 3.71. The molecule has 78 valence electrons. The number of nitrogens with one attached hydrogen (secondary N) is 1. The highest BCUT2D eigenvalue weighted by molar-refractivity contribution is 7.99. The zero-order valence-corrected chi connectivity index (χ0v) is 9.44. The van der Waals surface area contributed by atoms with Crippen LogP contribution >= 0.6 is 11.8 Å². The van der Waals surface area contributed by atoms with E-state index < -0.39 is 0 Å². The maximum atomic E-state index is 9.23. The van der Waals surface area contributed by atoms with Crippen molar-refractivity contribution in [1.29, 1.82) is 0 Å². The van der Waals surface area contributed by atoms with Gasteiger partial charge in [-0.1, -0.05) is 13.8 Å². The van der Waals surface area contributed by atoms with Crippen LogP contribution in [0.2, 0.25) is 0 Å². The molecule has 0 radical (unpaired) electrons. The molecule has 1 aliphatic rings. The third kappa shape index (κ3) is 3.88. The van der Waals surface area contributed by atoms with Crippen LogP contribution in [0.5, 0.6) is 0 Å². The molecule has 0 amide bonds. The molecule has 2 nitrogen and oxygen atoms in total. The van der Waals surface area contributed by atoms with E-state index in [4.69, 9.17) is 0 Å². The van der Waals surface area contributed by atoms with Crippen molar-refractivity contribution in [3.05, 3.63) is 0 Å². The highest BCUT2D eigenvalue weighted by Gasteiger charge is 2.24. The van der Waals surface area contributed by atoms with Crippen molar-refractivity contribution in [2.45, 2.75) is 26.3 Å². The summed E-state index contributed by atoms with van der Waals surface area (Å²) in [6.07, 6.45) is 1.26. The Morgan fingerprint density at radius 2 is 2.31 bits per heavy atom. The molecule has 2 unspecified atom stereocenters. The average Bonchev–Trinajstić information content (AvgIpc) is 2.58. The van der Waals surface area contributed by atoms with Gasteiger partial charge in [0.25, 0.3) is 0 Å². The normalized spacial score (nSPS) is 25.4. The molecule has 1 rings (SSSR count). The van der Waals surface area contributed by atoms with Gasteiger partial charge in [-0.15, -0.1) is 0 Å². The lowest BCUT2D eigenvalue weighted by molar-refractivity contribution is 0.203. The van der Waals surface area contributed by atoms with E-state index >= 15 is 0 Å². The smallest absolute Gasteiger partial charge is 0.0587 e. The van der Waals surface area contributed by atoms with E-state index in [0.29, 0.717) is 17.9 Å². The highest BCUT2D eigenvalue weighted by atomic mass is 32.2. The fraction of sp³-hybridized carbons (Fsp3) is 1.00. The second kappa shape index (κ2) is 5.89. The maximum Gasteiger partial charge on any atom is 0.0587 e. The minimum absolute atomic E-state index is 0.290. The molecule has 0 aromatic carbocycles. The molecular formula is C10H21NOS. The second-order valence-corrected chi connectivity index (χ2v) is 5.36. The maximum absolute atomic E-state index is 9.23. The molecule has 0 aromatic rings. The molecular weight excluding hydrogens is 182 g/mol. The van der Waals surface area contributed by atoms with Gasteiger partial charge < -0.3 is 10.4 Å². The average molecular weight is 203 g/mol. The van der Waals surface area contributed by atoms with Gasteiger partial charge in [0.05, 0.1) is 6.61 Å². The third-order valence-electron chi connectivity index (χ3n) is 2.52. The van der Waals surface area contributed by atoms with Crippen LogP contribution in [-0.2, 0) is 0 Å². The molecule has 3 heteroatoms. The van der Waals surface area contributed by atoms with Gasteiger partial charge in [-0.3, -0.25) is 0 Å². The molecule has 1 aliphatic heterocycles. The molecule has 1 fully saturated rings. The van der Waals surface area contributed by atoms with Crippen molar-refractivity contribution in [1.82, 2.24) is 5.32 Å². The van der Waals surface area contributed by atoms with Crippen LogP contribution in [0.1, 0.15) is 20.3 Å². The summed E-state index contributed by atoms with van der Waals surface area (Å²) in [5.74, 6) is 3.85. The number of hydrogen-bond acceptors (Lipinski definition) is 3. The van der Waals surface area contributed by atoms with Crippen molar-refractivity contribution in [3.63, 3.8) is 0 Å². The van der Waals surface area contributed by atoms with Gasteiger partial charge in [0.15, 0.2) is 0 Å². The fourth-order valence-electron chi connectivity index (χ4n) is 1.64. The van der Waals surface area contributed by atoms with Gasteiger partial charge in [-0.05, 0) is 36.3 Å². The second-order valence-electron chi connectivity index (χ2n) is 4.21. The Morgan fingerprint density at radius 1 is 1.54 bits per heavy atom. The Morgan fingerprint density at radius 3 is 2.77 bits per heavy atom. The van der Waals surface area contributed by atoms with Gasteiger partial charge in [-0.25, -0.2) is 0 Å². The number of aliphatic hydroxyl groups excluding tert-OH is 1. The molecule has 13 heavy (non-hydrogen) atoms. The van der Waals surface area contributed by atoms with Crippen LogP contribution in [0.4, 0.5) is 0 Å². The van der Waals surface area contributed by atoms with Crippen molar-refractivity contribution < 1.29 is 5.11 Å². The largest absolute Gasteiger partial charge is 0.395 e. The fourth-order valence-corrected chi connectivity index (χ4v) is 2.98. The number of hydrogen-bond donors (Lipinski definition) is 2. The Bertz CT molecular complexity index is 135. The quantitative estimate of drug-likeness (QED) is 0.707. The van der Waals surface area contributed by atoms with Crippen LogP contribution in [-0.4, -0.2) is 35.8 Å². The minimum Gasteiger partial charge on any atom is -0.395 e. The molecule has 0 aromatic heterocycles. The lowest BCUT2D eigenvalue weighted by Gasteiger charge is -2.23. The topological polar surface area (TPSA) is 32.3 Å². The first kappa shape index (κ1) is 11.3. The van der Waals surface area contributed by atoms with E-state index in [-0.39, 0.29) is 6.61 Å². The first-order chi connectivity index (χ1) is 6.24. The van der Waals surface area contributed by atoms with Gasteiger partial charge >= 0.3 is 0 Å². The van der Waals surface area contributed by atoms with Crippen molar-refractivity contribution in [3.8, 4) is 0 Å². The molecule has 1 heterocycles. The summed E-state index contributed by atoms with van der Waals surface area (Å²) in [7, 11) is 0. The van der Waals surface area contributed by atoms with Crippen LogP contribution in [0, 0.1) is 11.8 Å². The van der Waals surface area contributed by atoms with Crippen LogP contribution in [0.3, 0.4) is 0 Å². The molecule has 0 aliphatic carbocycles. The number of thioether (sulfide) groups is 1. The summed E-state index contributed by atoms with van der Waals surface area (Å²) in [5, 5.41) is 12.7. The lowest BCUT2D eigenvalue weighted by Crippen LogP contribution is -2.41. The Kier molecular flexibility index (Phi) is 5.14. The predicted molar refractivity (Wildman–Crippen MR) is 59.1 cm³/mol. The number of aliphatic hydroxyl groups is 1. The zero-order chi connectivity index (χ0) is 9.68. The Labute approximate surface area is 85.5 Å². The summed E-state index contributed by atoms with van der Waals surface area (Å²) in [6, 6.07) is 0.331. The summed E-state index contributed by atoms with van der Waals surface area (Å²) in [5.41, 5.74) is 0. The van der Waals surface area contributed by atoms with E-state index in [1.807, 2.05) is 11.8 Å². The summed E-state index contributed by atoms with van der Waals surface area (Å²) < 4.78 is 0. The molecule has 0 spiro atoms. The van der Waals surface area contributed by atoms with Gasteiger partial charge in [0.1, 0.15) is 0 Å². The first-order valence-electron chi connectivity index (χ1n) is 5.16. The van der Waals surface area contributed by atoms with E-state index in [9.17, 15) is 5.11 Å².